The summed E-state index contributed by atoms with van der Waals surface area (Å²) in [6, 6.07) is 15.4. The minimum Gasteiger partial charge on any atom is -0.465 e. The summed E-state index contributed by atoms with van der Waals surface area (Å²) in [6.45, 7) is 6.56. The molecular formula is C18H22N2O. The molecule has 1 aromatic carbocycles. The summed E-state index contributed by atoms with van der Waals surface area (Å²) < 4.78 is 5.85. The number of benzene rings is 1. The molecule has 21 heavy (non-hydrogen) atoms. The van der Waals surface area contributed by atoms with Gasteiger partial charge in [0.2, 0.25) is 0 Å². The fourth-order valence-electron chi connectivity index (χ4n) is 3.91. The van der Waals surface area contributed by atoms with E-state index in [9.17, 15) is 0 Å². The Hall–Kier alpha value is -1.58. The van der Waals surface area contributed by atoms with Gasteiger partial charge in [0.05, 0.1) is 6.04 Å². The molecule has 0 saturated carbocycles. The first-order valence-electron chi connectivity index (χ1n) is 7.85. The molecule has 0 amide bonds. The smallest absolute Gasteiger partial charge is 0.121 e. The van der Waals surface area contributed by atoms with E-state index in [1.54, 1.807) is 0 Å². The Morgan fingerprint density at radius 2 is 2.00 bits per heavy atom. The molecule has 2 saturated heterocycles. The van der Waals surface area contributed by atoms with Crippen LogP contribution >= 0.6 is 0 Å². The maximum Gasteiger partial charge on any atom is 0.121 e. The van der Waals surface area contributed by atoms with Crippen LogP contribution in [0.25, 0.3) is 0 Å². The fourth-order valence-corrected chi connectivity index (χ4v) is 3.91. The van der Waals surface area contributed by atoms with Crippen molar-refractivity contribution in [1.29, 1.82) is 0 Å². The fraction of sp³-hybridized carbons (Fsp3) is 0.444. The zero-order valence-electron chi connectivity index (χ0n) is 12.5. The Labute approximate surface area is 126 Å². The van der Waals surface area contributed by atoms with Crippen LogP contribution in [0.2, 0.25) is 0 Å². The van der Waals surface area contributed by atoms with Crippen LogP contribution in [-0.4, -0.2) is 24.5 Å². The lowest BCUT2D eigenvalue weighted by Gasteiger charge is -2.20. The van der Waals surface area contributed by atoms with Gasteiger partial charge in [-0.05, 0) is 36.5 Å². The average molecular weight is 282 g/mol. The normalized spacial score (nSPS) is 28.9. The molecule has 0 aliphatic carbocycles. The van der Waals surface area contributed by atoms with Gasteiger partial charge in [0.25, 0.3) is 0 Å². The Bertz CT molecular complexity index is 607. The van der Waals surface area contributed by atoms with E-state index < -0.39 is 0 Å². The number of nitrogens with zero attached hydrogens (tertiary/aromatic N) is 1. The highest BCUT2D eigenvalue weighted by Gasteiger charge is 2.44. The van der Waals surface area contributed by atoms with E-state index in [-0.39, 0.29) is 0 Å². The first kappa shape index (κ1) is 13.1. The molecule has 2 aromatic rings. The number of furan rings is 1. The molecule has 2 aliphatic heterocycles. The van der Waals surface area contributed by atoms with Crippen LogP contribution in [-0.2, 0) is 6.54 Å². The van der Waals surface area contributed by atoms with Gasteiger partial charge in [-0.1, -0.05) is 30.3 Å². The molecule has 0 bridgehead atoms. The minimum atomic E-state index is 0.393. The number of hydrogen-bond donors (Lipinski definition) is 1. The summed E-state index contributed by atoms with van der Waals surface area (Å²) in [7, 11) is 0. The van der Waals surface area contributed by atoms with E-state index in [0.29, 0.717) is 12.0 Å². The quantitative estimate of drug-likeness (QED) is 0.938. The molecule has 1 aromatic heterocycles. The molecule has 0 radical (unpaired) electrons. The highest BCUT2D eigenvalue weighted by atomic mass is 16.3. The van der Waals surface area contributed by atoms with Crippen LogP contribution in [0.4, 0.5) is 0 Å². The monoisotopic (exact) mass is 282 g/mol. The summed E-state index contributed by atoms with van der Waals surface area (Å²) in [4.78, 5) is 2.59. The van der Waals surface area contributed by atoms with Crippen LogP contribution in [0, 0.1) is 18.8 Å². The zero-order chi connectivity index (χ0) is 14.2. The Morgan fingerprint density at radius 1 is 1.14 bits per heavy atom. The van der Waals surface area contributed by atoms with Gasteiger partial charge >= 0.3 is 0 Å². The predicted octanol–water partition coefficient (Wildman–Crippen LogP) is 2.98. The molecule has 2 aliphatic rings. The zero-order valence-corrected chi connectivity index (χ0v) is 12.5. The largest absolute Gasteiger partial charge is 0.465 e. The van der Waals surface area contributed by atoms with Gasteiger partial charge < -0.3 is 9.73 Å². The van der Waals surface area contributed by atoms with Gasteiger partial charge in [0.1, 0.15) is 11.5 Å². The molecule has 3 atom stereocenters. The lowest BCUT2D eigenvalue weighted by molar-refractivity contribution is 0.284. The van der Waals surface area contributed by atoms with E-state index in [1.807, 2.05) is 6.92 Å². The molecule has 110 valence electrons. The number of hydrogen-bond acceptors (Lipinski definition) is 3. The Morgan fingerprint density at radius 3 is 2.76 bits per heavy atom. The summed E-state index contributed by atoms with van der Waals surface area (Å²) >= 11 is 0. The van der Waals surface area contributed by atoms with E-state index in [4.69, 9.17) is 4.42 Å². The number of likely N-dealkylation sites (tertiary alicyclic amines) is 1. The van der Waals surface area contributed by atoms with Crippen LogP contribution in [0.15, 0.2) is 46.9 Å². The molecule has 3 nitrogen and oxygen atoms in total. The molecule has 3 unspecified atom stereocenters. The summed E-state index contributed by atoms with van der Waals surface area (Å²) in [6.07, 6.45) is 0. The van der Waals surface area contributed by atoms with Gasteiger partial charge in [0.15, 0.2) is 0 Å². The minimum absolute atomic E-state index is 0.393. The molecule has 1 N–H and O–H groups in total. The number of aryl methyl sites for hydroxylation is 1. The van der Waals surface area contributed by atoms with E-state index >= 15 is 0 Å². The maximum absolute atomic E-state index is 5.85. The van der Waals surface area contributed by atoms with Gasteiger partial charge in [-0.2, -0.15) is 0 Å². The SMILES string of the molecule is Cc1ccc(C2NCC3CN(Cc4ccccc4)CC32)o1. The van der Waals surface area contributed by atoms with Gasteiger partial charge in [-0.3, -0.25) is 4.90 Å². The average Bonchev–Trinajstić information content (AvgIpc) is 3.15. The lowest BCUT2D eigenvalue weighted by Crippen LogP contribution is -2.27. The summed E-state index contributed by atoms with van der Waals surface area (Å²) in [5.41, 5.74) is 1.41. The van der Waals surface area contributed by atoms with Crippen molar-refractivity contribution in [2.45, 2.75) is 19.5 Å². The third-order valence-electron chi connectivity index (χ3n) is 4.91. The highest BCUT2D eigenvalue weighted by Crippen LogP contribution is 2.39. The van der Waals surface area contributed by atoms with Crippen molar-refractivity contribution < 1.29 is 4.42 Å². The highest BCUT2D eigenvalue weighted by molar-refractivity contribution is 5.17. The van der Waals surface area contributed by atoms with E-state index in [0.717, 1.165) is 37.1 Å². The molecule has 0 spiro atoms. The van der Waals surface area contributed by atoms with Crippen molar-refractivity contribution in [3.05, 3.63) is 59.5 Å². The van der Waals surface area contributed by atoms with Gasteiger partial charge in [-0.25, -0.2) is 0 Å². The van der Waals surface area contributed by atoms with Gasteiger partial charge in [-0.15, -0.1) is 0 Å². The second-order valence-corrected chi connectivity index (χ2v) is 6.44. The second kappa shape index (κ2) is 5.32. The second-order valence-electron chi connectivity index (χ2n) is 6.44. The van der Waals surface area contributed by atoms with Crippen molar-refractivity contribution in [2.75, 3.05) is 19.6 Å². The maximum atomic E-state index is 5.85. The Kier molecular flexibility index (Phi) is 3.32. The molecular weight excluding hydrogens is 260 g/mol. The lowest BCUT2D eigenvalue weighted by atomic mass is 9.93. The van der Waals surface area contributed by atoms with Crippen LogP contribution < -0.4 is 5.32 Å². The van der Waals surface area contributed by atoms with Crippen LogP contribution in [0.5, 0.6) is 0 Å². The molecule has 2 fully saturated rings. The van der Waals surface area contributed by atoms with E-state index in [2.05, 4.69) is 52.7 Å². The molecule has 3 heterocycles. The number of fused-ring (bicyclic) bond motifs is 1. The van der Waals surface area contributed by atoms with E-state index in [1.165, 1.54) is 12.1 Å². The molecule has 3 heteroatoms. The van der Waals surface area contributed by atoms with Crippen LogP contribution in [0.1, 0.15) is 23.1 Å². The van der Waals surface area contributed by atoms with Crippen molar-refractivity contribution in [3.8, 4) is 0 Å². The third kappa shape index (κ3) is 2.52. The standard InChI is InChI=1S/C18H22N2O/c1-13-7-8-17(21-13)18-16-12-20(11-15(16)9-19-18)10-14-5-3-2-4-6-14/h2-8,15-16,18-19H,9-12H2,1H3. The van der Waals surface area contributed by atoms with Crippen molar-refractivity contribution in [1.82, 2.24) is 10.2 Å². The predicted molar refractivity (Wildman–Crippen MR) is 82.9 cm³/mol. The summed E-state index contributed by atoms with van der Waals surface area (Å²) in [5.74, 6) is 3.55. The number of rotatable bonds is 3. The van der Waals surface area contributed by atoms with Crippen molar-refractivity contribution >= 4 is 0 Å². The third-order valence-corrected chi connectivity index (χ3v) is 4.91. The Balaban J connectivity index is 1.46. The number of nitrogens with one attached hydrogen (secondary N) is 1. The summed E-state index contributed by atoms with van der Waals surface area (Å²) in [5, 5.41) is 3.65. The molecule has 4 rings (SSSR count). The first-order chi connectivity index (χ1) is 10.3. The first-order valence-corrected chi connectivity index (χ1v) is 7.85. The topological polar surface area (TPSA) is 28.4 Å². The van der Waals surface area contributed by atoms with Crippen molar-refractivity contribution in [2.24, 2.45) is 11.8 Å². The van der Waals surface area contributed by atoms with Crippen molar-refractivity contribution in [3.63, 3.8) is 0 Å². The van der Waals surface area contributed by atoms with Gasteiger partial charge in [0, 0.05) is 26.2 Å². The van der Waals surface area contributed by atoms with Crippen LogP contribution in [0.3, 0.4) is 0 Å².